The SMILES string of the molecule is CCNC(=NCC1(c2cccc(F)c2)CCOCC1)NCCCOCC1CCCO1. The van der Waals surface area contributed by atoms with Crippen molar-refractivity contribution >= 4 is 5.96 Å². The quantitative estimate of drug-likeness (QED) is 0.345. The average molecular weight is 422 g/mol. The van der Waals surface area contributed by atoms with E-state index in [4.69, 9.17) is 19.2 Å². The molecule has 1 atom stereocenters. The molecular weight excluding hydrogens is 385 g/mol. The highest BCUT2D eigenvalue weighted by Gasteiger charge is 2.34. The van der Waals surface area contributed by atoms with Crippen molar-refractivity contribution in [1.29, 1.82) is 0 Å². The van der Waals surface area contributed by atoms with Crippen LogP contribution in [-0.2, 0) is 19.6 Å². The van der Waals surface area contributed by atoms with E-state index in [0.29, 0.717) is 33.0 Å². The number of aliphatic imine (C=N–C) groups is 1. The Morgan fingerprint density at radius 3 is 2.87 bits per heavy atom. The normalized spacial score (nSPS) is 21.5. The Bertz CT molecular complexity index is 659. The molecule has 0 bridgehead atoms. The van der Waals surface area contributed by atoms with E-state index < -0.39 is 0 Å². The van der Waals surface area contributed by atoms with Crippen molar-refractivity contribution in [2.24, 2.45) is 4.99 Å². The first kappa shape index (κ1) is 23.0. The zero-order valence-electron chi connectivity index (χ0n) is 18.1. The van der Waals surface area contributed by atoms with Crippen LogP contribution in [0, 0.1) is 5.82 Å². The van der Waals surface area contributed by atoms with Crippen LogP contribution in [-0.4, -0.2) is 64.7 Å². The van der Waals surface area contributed by atoms with Crippen molar-refractivity contribution in [2.75, 3.05) is 52.7 Å². The Labute approximate surface area is 179 Å². The van der Waals surface area contributed by atoms with Crippen LogP contribution in [0.1, 0.15) is 44.6 Å². The number of hydrogen-bond donors (Lipinski definition) is 2. The Balaban J connectivity index is 1.51. The summed E-state index contributed by atoms with van der Waals surface area (Å²) < 4.78 is 30.7. The predicted octanol–water partition coefficient (Wildman–Crippen LogP) is 3.01. The van der Waals surface area contributed by atoms with Gasteiger partial charge in [-0.1, -0.05) is 12.1 Å². The molecule has 2 saturated heterocycles. The van der Waals surface area contributed by atoms with Gasteiger partial charge in [-0.2, -0.15) is 0 Å². The molecule has 2 heterocycles. The van der Waals surface area contributed by atoms with Gasteiger partial charge in [-0.15, -0.1) is 0 Å². The first-order chi connectivity index (χ1) is 14.7. The third kappa shape index (κ3) is 6.93. The van der Waals surface area contributed by atoms with E-state index in [1.165, 1.54) is 6.07 Å². The lowest BCUT2D eigenvalue weighted by Crippen LogP contribution is -2.41. The fourth-order valence-electron chi connectivity index (χ4n) is 4.06. The molecule has 7 heteroatoms. The molecule has 6 nitrogen and oxygen atoms in total. The minimum Gasteiger partial charge on any atom is -0.381 e. The Hall–Kier alpha value is -1.70. The minimum atomic E-state index is -0.199. The van der Waals surface area contributed by atoms with Gasteiger partial charge in [-0.25, -0.2) is 4.39 Å². The van der Waals surface area contributed by atoms with Gasteiger partial charge in [0.05, 0.1) is 19.3 Å². The predicted molar refractivity (Wildman–Crippen MR) is 117 cm³/mol. The van der Waals surface area contributed by atoms with E-state index in [9.17, 15) is 4.39 Å². The zero-order valence-corrected chi connectivity index (χ0v) is 18.1. The van der Waals surface area contributed by atoms with Gasteiger partial charge in [0.2, 0.25) is 0 Å². The van der Waals surface area contributed by atoms with Crippen LogP contribution >= 0.6 is 0 Å². The zero-order chi connectivity index (χ0) is 21.1. The standard InChI is InChI=1S/C23H36FN3O3/c1-2-25-22(26-11-5-12-29-17-21-8-4-13-30-21)27-18-23(9-14-28-15-10-23)19-6-3-7-20(24)16-19/h3,6-7,16,21H,2,4-5,8-15,17-18H2,1H3,(H2,25,26,27). The van der Waals surface area contributed by atoms with Crippen LogP contribution in [0.25, 0.3) is 0 Å². The van der Waals surface area contributed by atoms with Crippen molar-refractivity contribution < 1.29 is 18.6 Å². The molecule has 0 amide bonds. The van der Waals surface area contributed by atoms with Gasteiger partial charge < -0.3 is 24.8 Å². The fraction of sp³-hybridized carbons (Fsp3) is 0.696. The van der Waals surface area contributed by atoms with E-state index >= 15 is 0 Å². The van der Waals surface area contributed by atoms with E-state index in [2.05, 4.69) is 17.6 Å². The van der Waals surface area contributed by atoms with Crippen LogP contribution in [0.5, 0.6) is 0 Å². The fourth-order valence-corrected chi connectivity index (χ4v) is 4.06. The summed E-state index contributed by atoms with van der Waals surface area (Å²) in [5.74, 6) is 0.592. The third-order valence-corrected chi connectivity index (χ3v) is 5.86. The van der Waals surface area contributed by atoms with Crippen molar-refractivity contribution in [3.8, 4) is 0 Å². The van der Waals surface area contributed by atoms with E-state index in [-0.39, 0.29) is 17.3 Å². The summed E-state index contributed by atoms with van der Waals surface area (Å²) in [6.45, 7) is 7.84. The van der Waals surface area contributed by atoms with Crippen LogP contribution in [0.3, 0.4) is 0 Å². The number of ether oxygens (including phenoxy) is 3. The van der Waals surface area contributed by atoms with E-state index in [1.54, 1.807) is 12.1 Å². The van der Waals surface area contributed by atoms with Gasteiger partial charge in [-0.3, -0.25) is 4.99 Å². The minimum absolute atomic E-state index is 0.187. The second kappa shape index (κ2) is 12.2. The summed E-state index contributed by atoms with van der Waals surface area (Å²) in [4.78, 5) is 4.85. The maximum absolute atomic E-state index is 13.9. The highest BCUT2D eigenvalue weighted by Crippen LogP contribution is 2.35. The lowest BCUT2D eigenvalue weighted by Gasteiger charge is -2.36. The molecule has 30 heavy (non-hydrogen) atoms. The summed E-state index contributed by atoms with van der Waals surface area (Å²) in [5, 5.41) is 6.70. The Morgan fingerprint density at radius 2 is 2.13 bits per heavy atom. The van der Waals surface area contributed by atoms with Crippen molar-refractivity contribution in [3.63, 3.8) is 0 Å². The number of halogens is 1. The van der Waals surface area contributed by atoms with Crippen LogP contribution in [0.15, 0.2) is 29.3 Å². The lowest BCUT2D eigenvalue weighted by atomic mass is 9.74. The second-order valence-corrected chi connectivity index (χ2v) is 8.09. The molecule has 3 rings (SSSR count). The molecule has 1 aromatic carbocycles. The van der Waals surface area contributed by atoms with Crippen LogP contribution in [0.2, 0.25) is 0 Å². The van der Waals surface area contributed by atoms with Crippen molar-refractivity contribution in [1.82, 2.24) is 10.6 Å². The van der Waals surface area contributed by atoms with E-state index in [1.807, 2.05) is 6.07 Å². The largest absolute Gasteiger partial charge is 0.381 e. The molecule has 0 spiro atoms. The van der Waals surface area contributed by atoms with E-state index in [0.717, 1.165) is 63.3 Å². The monoisotopic (exact) mass is 421 g/mol. The molecule has 0 radical (unpaired) electrons. The Kier molecular flexibility index (Phi) is 9.36. The van der Waals surface area contributed by atoms with Gasteiger partial charge in [-0.05, 0) is 56.7 Å². The molecule has 2 aliphatic rings. The lowest BCUT2D eigenvalue weighted by molar-refractivity contribution is 0.0168. The highest BCUT2D eigenvalue weighted by atomic mass is 19.1. The van der Waals surface area contributed by atoms with Crippen LogP contribution in [0.4, 0.5) is 4.39 Å². The second-order valence-electron chi connectivity index (χ2n) is 8.09. The third-order valence-electron chi connectivity index (χ3n) is 5.86. The smallest absolute Gasteiger partial charge is 0.191 e. The molecule has 0 aromatic heterocycles. The maximum atomic E-state index is 13.9. The topological polar surface area (TPSA) is 64.1 Å². The molecular formula is C23H36FN3O3. The average Bonchev–Trinajstić information content (AvgIpc) is 3.28. The number of nitrogens with one attached hydrogen (secondary N) is 2. The molecule has 168 valence electrons. The number of guanidine groups is 1. The van der Waals surface area contributed by atoms with Gasteiger partial charge >= 0.3 is 0 Å². The number of nitrogens with zero attached hydrogens (tertiary/aromatic N) is 1. The van der Waals surface area contributed by atoms with Gasteiger partial charge in [0.1, 0.15) is 5.82 Å². The van der Waals surface area contributed by atoms with Gasteiger partial charge in [0.15, 0.2) is 5.96 Å². The number of hydrogen-bond acceptors (Lipinski definition) is 4. The molecule has 2 aliphatic heterocycles. The first-order valence-corrected chi connectivity index (χ1v) is 11.3. The van der Waals surface area contributed by atoms with Crippen LogP contribution < -0.4 is 10.6 Å². The molecule has 0 aliphatic carbocycles. The summed E-state index contributed by atoms with van der Waals surface area (Å²) in [7, 11) is 0. The highest BCUT2D eigenvalue weighted by molar-refractivity contribution is 5.79. The molecule has 0 saturated carbocycles. The van der Waals surface area contributed by atoms with Crippen molar-refractivity contribution in [2.45, 2.75) is 50.5 Å². The summed E-state index contributed by atoms with van der Waals surface area (Å²) >= 11 is 0. The number of rotatable bonds is 10. The van der Waals surface area contributed by atoms with Gasteiger partial charge in [0.25, 0.3) is 0 Å². The molecule has 2 N–H and O–H groups in total. The summed E-state index contributed by atoms with van der Waals surface area (Å²) in [6.07, 6.45) is 5.11. The number of benzene rings is 1. The Morgan fingerprint density at radius 1 is 1.27 bits per heavy atom. The van der Waals surface area contributed by atoms with Gasteiger partial charge in [0, 0.05) is 44.9 Å². The maximum Gasteiger partial charge on any atom is 0.191 e. The summed E-state index contributed by atoms with van der Waals surface area (Å²) in [6, 6.07) is 6.93. The molecule has 2 fully saturated rings. The molecule has 1 aromatic rings. The first-order valence-electron chi connectivity index (χ1n) is 11.3. The summed E-state index contributed by atoms with van der Waals surface area (Å²) in [5.41, 5.74) is 0.820. The van der Waals surface area contributed by atoms with Crippen molar-refractivity contribution in [3.05, 3.63) is 35.6 Å². The molecule has 1 unspecified atom stereocenters.